The van der Waals surface area contributed by atoms with Gasteiger partial charge in [-0.15, -0.1) is 0 Å². The Balaban J connectivity index is 2.63. The molecule has 0 spiro atoms. The fourth-order valence-corrected chi connectivity index (χ4v) is 4.49. The lowest BCUT2D eigenvalue weighted by Gasteiger charge is -2.40. The van der Waals surface area contributed by atoms with E-state index in [2.05, 4.69) is 55.6 Å². The smallest absolute Gasteiger partial charge is 0.220 e. The van der Waals surface area contributed by atoms with Crippen LogP contribution in [0.3, 0.4) is 0 Å². The zero-order valence-corrected chi connectivity index (χ0v) is 25.7. The third-order valence-corrected chi connectivity index (χ3v) is 7.12. The van der Waals surface area contributed by atoms with Crippen LogP contribution in [-0.4, -0.2) is 87.5 Å². The largest absolute Gasteiger partial charge is 0.394 e. The van der Waals surface area contributed by atoms with E-state index in [1.54, 1.807) is 6.08 Å². The summed E-state index contributed by atoms with van der Waals surface area (Å²) in [6, 6.07) is -0.837. The molecule has 9 heteroatoms. The first kappa shape index (κ1) is 38.2. The molecular weight excluding hydrogens is 538 g/mol. The minimum Gasteiger partial charge on any atom is -0.394 e. The second kappa shape index (κ2) is 24.6. The summed E-state index contributed by atoms with van der Waals surface area (Å²) in [5, 5.41) is 53.4. The lowest BCUT2D eigenvalue weighted by Crippen LogP contribution is -2.60. The molecule has 242 valence electrons. The maximum Gasteiger partial charge on any atom is 0.220 e. The van der Waals surface area contributed by atoms with Gasteiger partial charge in [-0.1, -0.05) is 81.7 Å². The minimum absolute atomic E-state index is 0.219. The molecule has 42 heavy (non-hydrogen) atoms. The van der Waals surface area contributed by atoms with Crippen LogP contribution in [0.15, 0.2) is 48.6 Å². The number of allylic oxidation sites excluding steroid dienone is 7. The molecule has 1 fully saturated rings. The Labute approximate surface area is 253 Å². The molecule has 0 aliphatic carbocycles. The van der Waals surface area contributed by atoms with E-state index in [0.717, 1.165) is 44.9 Å². The SMILES string of the molecule is CC/C=C/CC/C=C/CC/C=C/C(O)C(COC1OC(CO)C(O)C(O)C1O)NC(=O)CCC/C=C\CCCCCC. The minimum atomic E-state index is -1.57. The quantitative estimate of drug-likeness (QED) is 0.0768. The third kappa shape index (κ3) is 16.7. The molecule has 1 amide bonds. The van der Waals surface area contributed by atoms with E-state index in [-0.39, 0.29) is 18.9 Å². The first-order valence-corrected chi connectivity index (χ1v) is 15.9. The Morgan fingerprint density at radius 2 is 1.43 bits per heavy atom. The highest BCUT2D eigenvalue weighted by atomic mass is 16.7. The molecule has 7 unspecified atom stereocenters. The Morgan fingerprint density at radius 3 is 2.07 bits per heavy atom. The van der Waals surface area contributed by atoms with Crippen LogP contribution in [0.5, 0.6) is 0 Å². The van der Waals surface area contributed by atoms with Crippen molar-refractivity contribution >= 4 is 5.91 Å². The van der Waals surface area contributed by atoms with Crippen molar-refractivity contribution in [3.05, 3.63) is 48.6 Å². The van der Waals surface area contributed by atoms with Crippen molar-refractivity contribution in [2.75, 3.05) is 13.2 Å². The summed E-state index contributed by atoms with van der Waals surface area (Å²) in [5.74, 6) is -0.235. The first-order valence-electron chi connectivity index (χ1n) is 15.9. The molecule has 1 aliphatic heterocycles. The monoisotopic (exact) mass is 595 g/mol. The van der Waals surface area contributed by atoms with Crippen LogP contribution >= 0.6 is 0 Å². The number of carbonyl (C=O) groups excluding carboxylic acids is 1. The molecule has 9 nitrogen and oxygen atoms in total. The van der Waals surface area contributed by atoms with Crippen LogP contribution in [0.2, 0.25) is 0 Å². The van der Waals surface area contributed by atoms with Gasteiger partial charge in [-0.2, -0.15) is 0 Å². The Bertz CT molecular complexity index is 797. The van der Waals surface area contributed by atoms with Crippen molar-refractivity contribution in [1.82, 2.24) is 5.32 Å². The molecule has 0 aromatic carbocycles. The maximum atomic E-state index is 12.7. The van der Waals surface area contributed by atoms with Crippen molar-refractivity contribution in [2.24, 2.45) is 0 Å². The standard InChI is InChI=1S/C33H57NO8/c1-3-5-7-9-11-13-15-16-18-20-22-27(36)26(25-41-33-32(40)31(39)30(38)28(24-35)42-33)34-29(37)23-21-19-17-14-12-10-8-6-4-2/h5,7,13-15,17,20,22,26-28,30-33,35-36,38-40H,3-4,6,8-12,16,18-19,21,23-25H2,1-2H3,(H,34,37)/b7-5+,15-13+,17-14-,22-20+. The van der Waals surface area contributed by atoms with Gasteiger partial charge in [0, 0.05) is 6.42 Å². The number of hydrogen-bond acceptors (Lipinski definition) is 8. The van der Waals surface area contributed by atoms with E-state index < -0.39 is 49.5 Å². The summed E-state index contributed by atoms with van der Waals surface area (Å²) >= 11 is 0. The van der Waals surface area contributed by atoms with Crippen molar-refractivity contribution in [3.8, 4) is 0 Å². The van der Waals surface area contributed by atoms with Crippen LogP contribution in [0.1, 0.15) is 97.3 Å². The molecule has 1 aliphatic rings. The summed E-state index contributed by atoms with van der Waals surface area (Å²) in [4.78, 5) is 12.7. The summed E-state index contributed by atoms with van der Waals surface area (Å²) in [7, 11) is 0. The molecule has 1 saturated heterocycles. The number of ether oxygens (including phenoxy) is 2. The lowest BCUT2D eigenvalue weighted by atomic mass is 9.99. The molecule has 0 aromatic heterocycles. The molecule has 0 bridgehead atoms. The van der Waals surface area contributed by atoms with Crippen molar-refractivity contribution in [2.45, 2.75) is 140 Å². The molecule has 1 rings (SSSR count). The van der Waals surface area contributed by atoms with E-state index >= 15 is 0 Å². The highest BCUT2D eigenvalue weighted by molar-refractivity contribution is 5.76. The maximum absolute atomic E-state index is 12.7. The zero-order chi connectivity index (χ0) is 31.0. The van der Waals surface area contributed by atoms with E-state index in [1.165, 1.54) is 25.7 Å². The van der Waals surface area contributed by atoms with Gasteiger partial charge >= 0.3 is 0 Å². The van der Waals surface area contributed by atoms with Gasteiger partial charge in [0.25, 0.3) is 0 Å². The van der Waals surface area contributed by atoms with Gasteiger partial charge in [-0.25, -0.2) is 0 Å². The van der Waals surface area contributed by atoms with Gasteiger partial charge in [0.05, 0.1) is 25.4 Å². The van der Waals surface area contributed by atoms with E-state index in [1.807, 2.05) is 6.08 Å². The van der Waals surface area contributed by atoms with Crippen LogP contribution in [-0.2, 0) is 14.3 Å². The fourth-order valence-electron chi connectivity index (χ4n) is 4.49. The molecule has 0 aromatic rings. The van der Waals surface area contributed by atoms with E-state index in [0.29, 0.717) is 6.42 Å². The predicted molar refractivity (Wildman–Crippen MR) is 166 cm³/mol. The van der Waals surface area contributed by atoms with Gasteiger partial charge in [0.15, 0.2) is 6.29 Å². The van der Waals surface area contributed by atoms with Gasteiger partial charge in [-0.3, -0.25) is 4.79 Å². The number of aliphatic hydroxyl groups is 5. The summed E-state index contributed by atoms with van der Waals surface area (Å²) < 4.78 is 11.0. The first-order chi connectivity index (χ1) is 20.3. The Hall–Kier alpha value is -1.85. The second-order valence-electron chi connectivity index (χ2n) is 10.8. The summed E-state index contributed by atoms with van der Waals surface area (Å²) in [6.45, 7) is 3.51. The number of rotatable bonds is 23. The molecule has 7 atom stereocenters. The number of amides is 1. The number of aliphatic hydroxyl groups excluding tert-OH is 5. The fraction of sp³-hybridized carbons (Fsp3) is 0.727. The number of unbranched alkanes of at least 4 members (excludes halogenated alkanes) is 7. The van der Waals surface area contributed by atoms with Crippen LogP contribution in [0, 0.1) is 0 Å². The Kier molecular flexibility index (Phi) is 22.3. The van der Waals surface area contributed by atoms with Gasteiger partial charge in [0.1, 0.15) is 24.4 Å². The van der Waals surface area contributed by atoms with E-state index in [4.69, 9.17) is 9.47 Å². The molecule has 0 radical (unpaired) electrons. The van der Waals surface area contributed by atoms with Crippen LogP contribution < -0.4 is 5.32 Å². The average Bonchev–Trinajstić information content (AvgIpc) is 2.98. The van der Waals surface area contributed by atoms with Gasteiger partial charge in [-0.05, 0) is 57.8 Å². The molecule has 6 N–H and O–H groups in total. The topological polar surface area (TPSA) is 149 Å². The lowest BCUT2D eigenvalue weighted by molar-refractivity contribution is -0.302. The normalized spacial score (nSPS) is 24.8. The number of nitrogens with one attached hydrogen (secondary N) is 1. The zero-order valence-electron chi connectivity index (χ0n) is 25.7. The van der Waals surface area contributed by atoms with Gasteiger partial charge < -0.3 is 40.3 Å². The number of hydrogen-bond donors (Lipinski definition) is 6. The molecule has 1 heterocycles. The van der Waals surface area contributed by atoms with Crippen molar-refractivity contribution in [1.29, 1.82) is 0 Å². The highest BCUT2D eigenvalue weighted by Crippen LogP contribution is 2.22. The average molecular weight is 596 g/mol. The van der Waals surface area contributed by atoms with E-state index in [9.17, 15) is 30.3 Å². The Morgan fingerprint density at radius 1 is 0.810 bits per heavy atom. The van der Waals surface area contributed by atoms with Crippen LogP contribution in [0.4, 0.5) is 0 Å². The predicted octanol–water partition coefficient (Wildman–Crippen LogP) is 3.98. The third-order valence-electron chi connectivity index (χ3n) is 7.12. The summed E-state index contributed by atoms with van der Waals surface area (Å²) in [5.41, 5.74) is 0. The summed E-state index contributed by atoms with van der Waals surface area (Å²) in [6.07, 6.45) is 20.4. The molecule has 0 saturated carbocycles. The van der Waals surface area contributed by atoms with Crippen molar-refractivity contribution < 1.29 is 39.8 Å². The van der Waals surface area contributed by atoms with Crippen LogP contribution in [0.25, 0.3) is 0 Å². The second-order valence-corrected chi connectivity index (χ2v) is 10.8. The van der Waals surface area contributed by atoms with Crippen molar-refractivity contribution in [3.63, 3.8) is 0 Å². The molecular formula is C33H57NO8. The number of carbonyl (C=O) groups is 1. The van der Waals surface area contributed by atoms with Gasteiger partial charge in [0.2, 0.25) is 5.91 Å². The highest BCUT2D eigenvalue weighted by Gasteiger charge is 2.44.